The lowest BCUT2D eigenvalue weighted by atomic mass is 10.0. The molecule has 0 spiro atoms. The molecule has 1 rings (SSSR count). The van der Waals surface area contributed by atoms with Gasteiger partial charge in [-0.1, -0.05) is 69.4 Å². The summed E-state index contributed by atoms with van der Waals surface area (Å²) in [5.74, 6) is 0. The van der Waals surface area contributed by atoms with Crippen LogP contribution in [0.3, 0.4) is 0 Å². The second kappa shape index (κ2) is 7.47. The lowest BCUT2D eigenvalue weighted by Gasteiger charge is -2.11. The van der Waals surface area contributed by atoms with Crippen LogP contribution in [0.2, 0.25) is 0 Å². The van der Waals surface area contributed by atoms with E-state index in [2.05, 4.69) is 31.2 Å². The zero-order chi connectivity index (χ0) is 10.9. The van der Waals surface area contributed by atoms with Gasteiger partial charge in [0.1, 0.15) is 0 Å². The van der Waals surface area contributed by atoms with Crippen molar-refractivity contribution in [3.63, 3.8) is 0 Å². The highest BCUT2D eigenvalue weighted by atomic mass is 14.6. The standard InChI is InChI=1S/C14H23N/c1-2-3-4-5-9-12-14(15)13-10-7-6-8-11-13/h6-8,10-11,14H,2-5,9,12,15H2,1H3/t14-/m1/s1. The average Bonchev–Trinajstić information content (AvgIpc) is 2.30. The third kappa shape index (κ3) is 4.98. The van der Waals surface area contributed by atoms with Gasteiger partial charge in [0.15, 0.2) is 0 Å². The lowest BCUT2D eigenvalue weighted by molar-refractivity contribution is 0.555. The van der Waals surface area contributed by atoms with Crippen LogP contribution in [-0.2, 0) is 0 Å². The van der Waals surface area contributed by atoms with E-state index in [-0.39, 0.29) is 6.04 Å². The van der Waals surface area contributed by atoms with Crippen molar-refractivity contribution in [3.05, 3.63) is 35.9 Å². The number of rotatable bonds is 7. The molecule has 0 unspecified atom stereocenters. The van der Waals surface area contributed by atoms with Gasteiger partial charge in [0, 0.05) is 6.04 Å². The quantitative estimate of drug-likeness (QED) is 0.668. The normalized spacial score (nSPS) is 12.7. The highest BCUT2D eigenvalue weighted by Crippen LogP contribution is 2.17. The molecule has 0 saturated heterocycles. The van der Waals surface area contributed by atoms with Crippen LogP contribution in [-0.4, -0.2) is 0 Å². The second-order valence-corrected chi connectivity index (χ2v) is 4.22. The Hall–Kier alpha value is -0.820. The molecule has 1 atom stereocenters. The Morgan fingerprint density at radius 1 is 1.00 bits per heavy atom. The van der Waals surface area contributed by atoms with Gasteiger partial charge in [0.05, 0.1) is 0 Å². The maximum Gasteiger partial charge on any atom is 0.0294 e. The summed E-state index contributed by atoms with van der Waals surface area (Å²) >= 11 is 0. The van der Waals surface area contributed by atoms with Crippen LogP contribution in [0.4, 0.5) is 0 Å². The zero-order valence-corrected chi connectivity index (χ0v) is 9.78. The smallest absolute Gasteiger partial charge is 0.0294 e. The molecule has 0 amide bonds. The van der Waals surface area contributed by atoms with E-state index in [1.807, 2.05) is 6.07 Å². The van der Waals surface area contributed by atoms with Crippen molar-refractivity contribution < 1.29 is 0 Å². The molecule has 0 aliphatic heterocycles. The van der Waals surface area contributed by atoms with Crippen molar-refractivity contribution >= 4 is 0 Å². The molecule has 0 fully saturated rings. The Kier molecular flexibility index (Phi) is 6.10. The van der Waals surface area contributed by atoms with Crippen LogP contribution >= 0.6 is 0 Å². The van der Waals surface area contributed by atoms with Crippen LogP contribution in [0.15, 0.2) is 30.3 Å². The summed E-state index contributed by atoms with van der Waals surface area (Å²) < 4.78 is 0. The maximum atomic E-state index is 6.11. The Morgan fingerprint density at radius 3 is 2.33 bits per heavy atom. The monoisotopic (exact) mass is 205 g/mol. The van der Waals surface area contributed by atoms with Crippen LogP contribution < -0.4 is 5.73 Å². The molecule has 0 aliphatic rings. The highest BCUT2D eigenvalue weighted by Gasteiger charge is 2.03. The minimum absolute atomic E-state index is 0.229. The average molecular weight is 205 g/mol. The number of hydrogen-bond acceptors (Lipinski definition) is 1. The summed E-state index contributed by atoms with van der Waals surface area (Å²) in [4.78, 5) is 0. The molecular weight excluding hydrogens is 182 g/mol. The molecule has 0 aromatic heterocycles. The molecule has 0 bridgehead atoms. The topological polar surface area (TPSA) is 26.0 Å². The Morgan fingerprint density at radius 2 is 1.67 bits per heavy atom. The molecule has 0 radical (unpaired) electrons. The summed E-state index contributed by atoms with van der Waals surface area (Å²) in [6.07, 6.45) is 7.74. The molecule has 2 N–H and O–H groups in total. The molecule has 0 saturated carbocycles. The number of benzene rings is 1. The maximum absolute atomic E-state index is 6.11. The minimum atomic E-state index is 0.229. The van der Waals surface area contributed by atoms with Crippen molar-refractivity contribution in [2.24, 2.45) is 5.73 Å². The fourth-order valence-corrected chi connectivity index (χ4v) is 1.83. The Labute approximate surface area is 93.7 Å². The fourth-order valence-electron chi connectivity index (χ4n) is 1.83. The summed E-state index contributed by atoms with van der Waals surface area (Å²) in [5.41, 5.74) is 7.38. The second-order valence-electron chi connectivity index (χ2n) is 4.22. The molecule has 1 aromatic rings. The van der Waals surface area contributed by atoms with Crippen molar-refractivity contribution in [2.45, 2.75) is 51.5 Å². The zero-order valence-electron chi connectivity index (χ0n) is 9.78. The van der Waals surface area contributed by atoms with E-state index in [0.717, 1.165) is 6.42 Å². The van der Waals surface area contributed by atoms with E-state index in [1.54, 1.807) is 0 Å². The van der Waals surface area contributed by atoms with E-state index in [0.29, 0.717) is 0 Å². The minimum Gasteiger partial charge on any atom is -0.324 e. The third-order valence-corrected chi connectivity index (χ3v) is 2.85. The predicted octanol–water partition coefficient (Wildman–Crippen LogP) is 4.05. The van der Waals surface area contributed by atoms with Crippen LogP contribution in [0, 0.1) is 0 Å². The van der Waals surface area contributed by atoms with Crippen LogP contribution in [0.5, 0.6) is 0 Å². The van der Waals surface area contributed by atoms with E-state index in [4.69, 9.17) is 5.73 Å². The van der Waals surface area contributed by atoms with Crippen molar-refractivity contribution in [1.29, 1.82) is 0 Å². The number of nitrogens with two attached hydrogens (primary N) is 1. The SMILES string of the molecule is CCCCCCC[C@@H](N)c1ccccc1. The van der Waals surface area contributed by atoms with Gasteiger partial charge in [-0.3, -0.25) is 0 Å². The summed E-state index contributed by atoms with van der Waals surface area (Å²) in [6, 6.07) is 10.6. The van der Waals surface area contributed by atoms with Gasteiger partial charge in [-0.25, -0.2) is 0 Å². The third-order valence-electron chi connectivity index (χ3n) is 2.85. The van der Waals surface area contributed by atoms with Gasteiger partial charge < -0.3 is 5.73 Å². The predicted molar refractivity (Wildman–Crippen MR) is 66.7 cm³/mol. The number of hydrogen-bond donors (Lipinski definition) is 1. The first-order valence-electron chi connectivity index (χ1n) is 6.15. The molecule has 84 valence electrons. The molecular formula is C14H23N. The Balaban J connectivity index is 2.16. The number of unbranched alkanes of at least 4 members (excludes halogenated alkanes) is 4. The van der Waals surface area contributed by atoms with Gasteiger partial charge in [-0.05, 0) is 12.0 Å². The molecule has 0 heterocycles. The van der Waals surface area contributed by atoms with Crippen molar-refractivity contribution in [1.82, 2.24) is 0 Å². The summed E-state index contributed by atoms with van der Waals surface area (Å²) in [5, 5.41) is 0. The van der Waals surface area contributed by atoms with Crippen LogP contribution in [0.1, 0.15) is 57.1 Å². The molecule has 1 aromatic carbocycles. The van der Waals surface area contributed by atoms with Gasteiger partial charge >= 0.3 is 0 Å². The highest BCUT2D eigenvalue weighted by molar-refractivity contribution is 5.18. The lowest BCUT2D eigenvalue weighted by Crippen LogP contribution is -2.09. The summed E-state index contributed by atoms with van der Waals surface area (Å²) in [6.45, 7) is 2.25. The first-order valence-corrected chi connectivity index (χ1v) is 6.15. The van der Waals surface area contributed by atoms with Gasteiger partial charge in [0.25, 0.3) is 0 Å². The van der Waals surface area contributed by atoms with E-state index >= 15 is 0 Å². The van der Waals surface area contributed by atoms with Crippen molar-refractivity contribution in [2.75, 3.05) is 0 Å². The van der Waals surface area contributed by atoms with Gasteiger partial charge in [0.2, 0.25) is 0 Å². The van der Waals surface area contributed by atoms with E-state index in [1.165, 1.54) is 37.7 Å². The first-order chi connectivity index (χ1) is 7.34. The molecule has 0 aliphatic carbocycles. The fraction of sp³-hybridized carbons (Fsp3) is 0.571. The molecule has 1 heteroatoms. The van der Waals surface area contributed by atoms with E-state index < -0.39 is 0 Å². The van der Waals surface area contributed by atoms with Gasteiger partial charge in [-0.15, -0.1) is 0 Å². The van der Waals surface area contributed by atoms with Gasteiger partial charge in [-0.2, -0.15) is 0 Å². The largest absolute Gasteiger partial charge is 0.324 e. The van der Waals surface area contributed by atoms with Crippen LogP contribution in [0.25, 0.3) is 0 Å². The van der Waals surface area contributed by atoms with Crippen molar-refractivity contribution in [3.8, 4) is 0 Å². The summed E-state index contributed by atoms with van der Waals surface area (Å²) in [7, 11) is 0. The first kappa shape index (κ1) is 12.3. The molecule has 15 heavy (non-hydrogen) atoms. The Bertz CT molecular complexity index is 243. The molecule has 1 nitrogen and oxygen atoms in total. The van der Waals surface area contributed by atoms with E-state index in [9.17, 15) is 0 Å².